The first-order valence-corrected chi connectivity index (χ1v) is 8.21. The highest BCUT2D eigenvalue weighted by Gasteiger charge is 2.48. The van der Waals surface area contributed by atoms with Gasteiger partial charge in [0, 0.05) is 5.92 Å². The Morgan fingerprint density at radius 2 is 1.60 bits per heavy atom. The van der Waals surface area contributed by atoms with E-state index in [9.17, 15) is 4.79 Å². The minimum atomic E-state index is -0.136. The topological polar surface area (TPSA) is 17.1 Å². The van der Waals surface area contributed by atoms with Crippen molar-refractivity contribution >= 4 is 5.78 Å². The molecule has 2 unspecified atom stereocenters. The predicted molar refractivity (Wildman–Crippen MR) is 82.6 cm³/mol. The average molecular weight is 270 g/mol. The van der Waals surface area contributed by atoms with E-state index >= 15 is 0 Å². The Morgan fingerprint density at radius 1 is 1.00 bits per heavy atom. The van der Waals surface area contributed by atoms with Crippen LogP contribution >= 0.6 is 0 Å². The molecule has 2 aliphatic rings. The lowest BCUT2D eigenvalue weighted by Crippen LogP contribution is -2.47. The van der Waals surface area contributed by atoms with Crippen molar-refractivity contribution in [1.29, 1.82) is 0 Å². The van der Waals surface area contributed by atoms with Crippen molar-refractivity contribution < 1.29 is 4.79 Å². The van der Waals surface area contributed by atoms with Crippen molar-refractivity contribution in [2.45, 2.75) is 57.8 Å². The second-order valence-corrected chi connectivity index (χ2v) is 7.28. The number of rotatable bonds is 3. The summed E-state index contributed by atoms with van der Waals surface area (Å²) in [6, 6.07) is 10.5. The molecule has 2 atom stereocenters. The summed E-state index contributed by atoms with van der Waals surface area (Å²) >= 11 is 0. The largest absolute Gasteiger partial charge is 0.298 e. The minimum Gasteiger partial charge on any atom is -0.298 e. The fraction of sp³-hybridized carbons (Fsp3) is 0.632. The maximum absolute atomic E-state index is 13.2. The fourth-order valence-electron chi connectivity index (χ4n) is 4.52. The van der Waals surface area contributed by atoms with Gasteiger partial charge in [0.1, 0.15) is 5.78 Å². The van der Waals surface area contributed by atoms with Crippen LogP contribution < -0.4 is 0 Å². The van der Waals surface area contributed by atoms with Crippen LogP contribution in [0.2, 0.25) is 0 Å². The monoisotopic (exact) mass is 270 g/mol. The van der Waals surface area contributed by atoms with E-state index in [1.165, 1.54) is 18.4 Å². The SMILES string of the molecule is CC1CC(C)CC(C(=O)C2(c3ccccc3)CCC2)C1. The maximum atomic E-state index is 13.2. The zero-order chi connectivity index (χ0) is 14.2. The molecule has 0 aromatic heterocycles. The molecule has 20 heavy (non-hydrogen) atoms. The van der Waals surface area contributed by atoms with E-state index in [1.54, 1.807) is 0 Å². The first-order valence-electron chi connectivity index (χ1n) is 8.21. The van der Waals surface area contributed by atoms with Crippen LogP contribution in [0.5, 0.6) is 0 Å². The summed E-state index contributed by atoms with van der Waals surface area (Å²) in [5.41, 5.74) is 1.13. The van der Waals surface area contributed by atoms with Crippen molar-refractivity contribution in [1.82, 2.24) is 0 Å². The number of carbonyl (C=O) groups excluding carboxylic acids is 1. The van der Waals surface area contributed by atoms with E-state index in [1.807, 2.05) is 6.07 Å². The Balaban J connectivity index is 1.84. The van der Waals surface area contributed by atoms with Crippen molar-refractivity contribution in [3.63, 3.8) is 0 Å². The Hall–Kier alpha value is -1.11. The van der Waals surface area contributed by atoms with Crippen molar-refractivity contribution in [2.75, 3.05) is 0 Å². The Labute approximate surface area is 122 Å². The Bertz CT molecular complexity index is 462. The molecule has 1 nitrogen and oxygen atoms in total. The molecular formula is C19H26O. The van der Waals surface area contributed by atoms with Gasteiger partial charge >= 0.3 is 0 Å². The van der Waals surface area contributed by atoms with E-state index in [-0.39, 0.29) is 5.41 Å². The number of Topliss-reactive ketones (excluding diaryl/α,β-unsaturated/α-hetero) is 1. The van der Waals surface area contributed by atoms with Crippen molar-refractivity contribution in [3.05, 3.63) is 35.9 Å². The van der Waals surface area contributed by atoms with E-state index < -0.39 is 0 Å². The van der Waals surface area contributed by atoms with Gasteiger partial charge in [0.2, 0.25) is 0 Å². The van der Waals surface area contributed by atoms with Gasteiger partial charge in [-0.05, 0) is 49.5 Å². The third kappa shape index (κ3) is 2.32. The molecule has 2 aliphatic carbocycles. The summed E-state index contributed by atoms with van der Waals surface area (Å²) in [4.78, 5) is 13.2. The Morgan fingerprint density at radius 3 is 2.10 bits per heavy atom. The van der Waals surface area contributed by atoms with Crippen LogP contribution in [0.25, 0.3) is 0 Å². The standard InChI is InChI=1S/C19H26O/c1-14-11-15(2)13-16(12-14)18(20)19(9-6-10-19)17-7-4-3-5-8-17/h3-5,7-8,14-16H,6,9-13H2,1-2H3. The van der Waals surface area contributed by atoms with E-state index in [0.29, 0.717) is 23.5 Å². The second-order valence-electron chi connectivity index (χ2n) is 7.28. The summed E-state index contributed by atoms with van der Waals surface area (Å²) in [6.07, 6.45) is 6.85. The van der Waals surface area contributed by atoms with Gasteiger partial charge in [-0.2, -0.15) is 0 Å². The van der Waals surface area contributed by atoms with Gasteiger partial charge in [-0.25, -0.2) is 0 Å². The van der Waals surface area contributed by atoms with Gasteiger partial charge < -0.3 is 0 Å². The fourth-order valence-corrected chi connectivity index (χ4v) is 4.52. The molecule has 0 radical (unpaired) electrons. The summed E-state index contributed by atoms with van der Waals surface area (Å²) < 4.78 is 0. The van der Waals surface area contributed by atoms with Gasteiger partial charge in [-0.15, -0.1) is 0 Å². The quantitative estimate of drug-likeness (QED) is 0.774. The highest BCUT2D eigenvalue weighted by Crippen LogP contribution is 2.48. The first-order chi connectivity index (χ1) is 9.62. The van der Waals surface area contributed by atoms with Crippen LogP contribution in [-0.4, -0.2) is 5.78 Å². The third-order valence-electron chi connectivity index (χ3n) is 5.55. The molecule has 0 amide bonds. The van der Waals surface area contributed by atoms with Crippen molar-refractivity contribution in [3.8, 4) is 0 Å². The minimum absolute atomic E-state index is 0.136. The average Bonchev–Trinajstić information content (AvgIpc) is 2.37. The summed E-state index contributed by atoms with van der Waals surface area (Å²) in [5.74, 6) is 2.27. The number of carbonyl (C=O) groups is 1. The predicted octanol–water partition coefficient (Wildman–Crippen LogP) is 4.75. The summed E-state index contributed by atoms with van der Waals surface area (Å²) in [6.45, 7) is 4.62. The highest BCUT2D eigenvalue weighted by molar-refractivity contribution is 5.93. The lowest BCUT2D eigenvalue weighted by Gasteiger charge is -2.45. The normalized spacial score (nSPS) is 32.4. The molecule has 1 aromatic carbocycles. The molecule has 0 spiro atoms. The molecule has 0 bridgehead atoms. The van der Waals surface area contributed by atoms with E-state index in [2.05, 4.69) is 38.1 Å². The van der Waals surface area contributed by atoms with Crippen LogP contribution in [0, 0.1) is 17.8 Å². The number of hydrogen-bond donors (Lipinski definition) is 0. The molecular weight excluding hydrogens is 244 g/mol. The zero-order valence-electron chi connectivity index (χ0n) is 12.8. The lowest BCUT2D eigenvalue weighted by molar-refractivity contribution is -0.133. The second kappa shape index (κ2) is 5.35. The highest BCUT2D eigenvalue weighted by atomic mass is 16.1. The van der Waals surface area contributed by atoms with Gasteiger partial charge in [0.15, 0.2) is 0 Å². The van der Waals surface area contributed by atoms with Crippen LogP contribution in [0.1, 0.15) is 57.9 Å². The van der Waals surface area contributed by atoms with Gasteiger partial charge in [0.05, 0.1) is 5.41 Å². The molecule has 2 saturated carbocycles. The molecule has 1 heteroatoms. The summed E-state index contributed by atoms with van der Waals surface area (Å²) in [5, 5.41) is 0. The van der Waals surface area contributed by atoms with Crippen LogP contribution in [0.4, 0.5) is 0 Å². The lowest BCUT2D eigenvalue weighted by atomic mass is 9.57. The number of hydrogen-bond acceptors (Lipinski definition) is 1. The molecule has 1 aromatic rings. The molecule has 0 heterocycles. The molecule has 0 N–H and O–H groups in total. The number of benzene rings is 1. The maximum Gasteiger partial charge on any atom is 0.146 e. The third-order valence-corrected chi connectivity index (χ3v) is 5.55. The molecule has 2 fully saturated rings. The van der Waals surface area contributed by atoms with Gasteiger partial charge in [0.25, 0.3) is 0 Å². The first kappa shape index (κ1) is 13.9. The van der Waals surface area contributed by atoms with E-state index in [0.717, 1.165) is 25.7 Å². The summed E-state index contributed by atoms with van der Waals surface area (Å²) in [7, 11) is 0. The van der Waals surface area contributed by atoms with Crippen LogP contribution in [0.3, 0.4) is 0 Å². The van der Waals surface area contributed by atoms with Crippen molar-refractivity contribution in [2.24, 2.45) is 17.8 Å². The zero-order valence-corrected chi connectivity index (χ0v) is 12.8. The molecule has 0 aliphatic heterocycles. The molecule has 3 rings (SSSR count). The molecule has 108 valence electrons. The molecule has 0 saturated heterocycles. The van der Waals surface area contributed by atoms with Crippen LogP contribution in [-0.2, 0) is 10.2 Å². The smallest absolute Gasteiger partial charge is 0.146 e. The van der Waals surface area contributed by atoms with Gasteiger partial charge in [-0.3, -0.25) is 4.79 Å². The van der Waals surface area contributed by atoms with Gasteiger partial charge in [-0.1, -0.05) is 50.6 Å². The number of ketones is 1. The van der Waals surface area contributed by atoms with Crippen LogP contribution in [0.15, 0.2) is 30.3 Å². The Kier molecular flexibility index (Phi) is 3.70. The van der Waals surface area contributed by atoms with E-state index in [4.69, 9.17) is 0 Å².